The van der Waals surface area contributed by atoms with E-state index in [4.69, 9.17) is 14.6 Å². The second kappa shape index (κ2) is 13.6. The number of nitrogens with zero attached hydrogens (tertiary/aromatic N) is 3. The Morgan fingerprint density at radius 3 is 1.79 bits per heavy atom. The molecule has 10 aromatic rings. The fraction of sp³-hybridized carbons (Fsp3) is 0.0556. The number of aromatic nitrogens is 3. The average molecular weight is 744 g/mol. The molecule has 0 spiro atoms. The standard InChI is InChI=1S/C54H37N3O/c1-33-31-44-39-24-13-12-23-38(39)32-45(44)48(34(33)2)54-49(37-21-10-5-11-22-37)53(55-57-56-54)43-27-16-26-40(35-17-6-3-7-18-35)50(43)52-41(36-19-8-4-9-20-36)29-30-47-51(52)42-25-14-15-28-46(42)58-47/h3-31H,32H2,1-2H3. The molecule has 58 heavy (non-hydrogen) atoms. The van der Waals surface area contributed by atoms with Crippen molar-refractivity contribution in [1.29, 1.82) is 0 Å². The summed E-state index contributed by atoms with van der Waals surface area (Å²) in [6.45, 7) is 4.43. The highest BCUT2D eigenvalue weighted by Crippen LogP contribution is 2.52. The molecular weight excluding hydrogens is 707 g/mol. The Kier molecular flexibility index (Phi) is 7.97. The molecule has 0 N–H and O–H groups in total. The van der Waals surface area contributed by atoms with Gasteiger partial charge in [0, 0.05) is 38.6 Å². The molecule has 1 aliphatic rings. The molecule has 2 heterocycles. The summed E-state index contributed by atoms with van der Waals surface area (Å²) < 4.78 is 6.62. The first-order valence-electron chi connectivity index (χ1n) is 19.8. The number of aryl methyl sites for hydroxylation is 1. The summed E-state index contributed by atoms with van der Waals surface area (Å²) in [5, 5.41) is 16.9. The van der Waals surface area contributed by atoms with Gasteiger partial charge in [0.25, 0.3) is 0 Å². The van der Waals surface area contributed by atoms with Crippen molar-refractivity contribution in [3.63, 3.8) is 0 Å². The third-order valence-corrected chi connectivity index (χ3v) is 12.0. The molecule has 0 saturated heterocycles. The van der Waals surface area contributed by atoms with E-state index >= 15 is 0 Å². The summed E-state index contributed by atoms with van der Waals surface area (Å²) in [5.74, 6) is 0. The van der Waals surface area contributed by atoms with E-state index in [0.717, 1.165) is 95.4 Å². The van der Waals surface area contributed by atoms with Gasteiger partial charge in [-0.05, 0) is 98.8 Å². The second-order valence-corrected chi connectivity index (χ2v) is 15.2. The number of para-hydroxylation sites is 1. The fourth-order valence-electron chi connectivity index (χ4n) is 9.22. The van der Waals surface area contributed by atoms with Crippen molar-refractivity contribution >= 4 is 21.9 Å². The summed E-state index contributed by atoms with van der Waals surface area (Å²) in [7, 11) is 0. The maximum atomic E-state index is 6.62. The number of fused-ring (bicyclic) bond motifs is 6. The molecule has 274 valence electrons. The monoisotopic (exact) mass is 743 g/mol. The van der Waals surface area contributed by atoms with Crippen LogP contribution in [-0.4, -0.2) is 15.4 Å². The predicted molar refractivity (Wildman–Crippen MR) is 237 cm³/mol. The maximum Gasteiger partial charge on any atom is 0.136 e. The lowest BCUT2D eigenvalue weighted by Gasteiger charge is -2.22. The Bertz CT molecular complexity index is 3200. The van der Waals surface area contributed by atoms with Crippen LogP contribution in [-0.2, 0) is 6.42 Å². The van der Waals surface area contributed by atoms with Crippen molar-refractivity contribution in [1.82, 2.24) is 15.4 Å². The minimum Gasteiger partial charge on any atom is -0.456 e. The van der Waals surface area contributed by atoms with Crippen molar-refractivity contribution in [2.24, 2.45) is 0 Å². The minimum absolute atomic E-state index is 0.776. The van der Waals surface area contributed by atoms with Crippen molar-refractivity contribution in [3.05, 3.63) is 198 Å². The molecule has 4 nitrogen and oxygen atoms in total. The number of benzene rings is 8. The van der Waals surface area contributed by atoms with Gasteiger partial charge in [-0.1, -0.05) is 164 Å². The molecule has 0 bridgehead atoms. The number of hydrogen-bond donors (Lipinski definition) is 0. The van der Waals surface area contributed by atoms with Crippen LogP contribution in [0.15, 0.2) is 180 Å². The van der Waals surface area contributed by atoms with E-state index in [0.29, 0.717) is 0 Å². The fourth-order valence-corrected chi connectivity index (χ4v) is 9.22. The summed E-state index contributed by atoms with van der Waals surface area (Å²) in [5.41, 5.74) is 21.6. The van der Waals surface area contributed by atoms with Gasteiger partial charge >= 0.3 is 0 Å². The molecule has 0 amide bonds. The van der Waals surface area contributed by atoms with Gasteiger partial charge in [-0.3, -0.25) is 0 Å². The third-order valence-electron chi connectivity index (χ3n) is 12.0. The Labute approximate surface area is 337 Å². The number of hydrogen-bond acceptors (Lipinski definition) is 4. The van der Waals surface area contributed by atoms with Gasteiger partial charge < -0.3 is 4.42 Å². The molecule has 1 aliphatic carbocycles. The normalized spacial score (nSPS) is 11.9. The molecule has 0 fully saturated rings. The predicted octanol–water partition coefficient (Wildman–Crippen LogP) is 14.0. The first-order chi connectivity index (χ1) is 28.6. The molecular formula is C54H37N3O. The Balaban J connectivity index is 1.29. The zero-order valence-corrected chi connectivity index (χ0v) is 32.2. The largest absolute Gasteiger partial charge is 0.456 e. The van der Waals surface area contributed by atoms with Crippen molar-refractivity contribution in [2.45, 2.75) is 20.3 Å². The van der Waals surface area contributed by atoms with Crippen LogP contribution in [0.5, 0.6) is 0 Å². The Morgan fingerprint density at radius 1 is 0.431 bits per heavy atom. The highest BCUT2D eigenvalue weighted by molar-refractivity contribution is 6.19. The van der Waals surface area contributed by atoms with Gasteiger partial charge in [-0.2, -0.15) is 0 Å². The van der Waals surface area contributed by atoms with Crippen LogP contribution in [0.3, 0.4) is 0 Å². The maximum absolute atomic E-state index is 6.62. The Morgan fingerprint density at radius 2 is 1.03 bits per heavy atom. The highest BCUT2D eigenvalue weighted by Gasteiger charge is 2.30. The van der Waals surface area contributed by atoms with E-state index in [9.17, 15) is 0 Å². The molecule has 0 saturated carbocycles. The van der Waals surface area contributed by atoms with Crippen LogP contribution in [0.1, 0.15) is 22.3 Å². The number of rotatable bonds is 6. The second-order valence-electron chi connectivity index (χ2n) is 15.2. The third kappa shape index (κ3) is 5.33. The van der Waals surface area contributed by atoms with E-state index < -0.39 is 0 Å². The van der Waals surface area contributed by atoms with Gasteiger partial charge in [0.05, 0.1) is 0 Å². The van der Waals surface area contributed by atoms with Gasteiger partial charge in [-0.15, -0.1) is 10.2 Å². The summed E-state index contributed by atoms with van der Waals surface area (Å²) >= 11 is 0. The van der Waals surface area contributed by atoms with Gasteiger partial charge in [0.2, 0.25) is 0 Å². The zero-order valence-electron chi connectivity index (χ0n) is 32.2. The van der Waals surface area contributed by atoms with Crippen molar-refractivity contribution < 1.29 is 4.42 Å². The molecule has 0 unspecified atom stereocenters. The highest BCUT2D eigenvalue weighted by atomic mass is 16.3. The van der Waals surface area contributed by atoms with Crippen LogP contribution < -0.4 is 0 Å². The Hall–Kier alpha value is -7.43. The molecule has 0 atom stereocenters. The van der Waals surface area contributed by atoms with E-state index in [2.05, 4.69) is 189 Å². The summed E-state index contributed by atoms with van der Waals surface area (Å²) in [6.07, 6.45) is 0.834. The van der Waals surface area contributed by atoms with Crippen molar-refractivity contribution in [2.75, 3.05) is 0 Å². The van der Waals surface area contributed by atoms with E-state index in [1.807, 2.05) is 6.07 Å². The van der Waals surface area contributed by atoms with E-state index in [-0.39, 0.29) is 0 Å². The summed E-state index contributed by atoms with van der Waals surface area (Å²) in [6, 6.07) is 62.3. The summed E-state index contributed by atoms with van der Waals surface area (Å²) in [4.78, 5) is 0. The quantitative estimate of drug-likeness (QED) is 0.170. The lowest BCUT2D eigenvalue weighted by atomic mass is 9.81. The van der Waals surface area contributed by atoms with E-state index in [1.54, 1.807) is 0 Å². The lowest BCUT2D eigenvalue weighted by molar-refractivity contribution is 0.669. The van der Waals surface area contributed by atoms with E-state index in [1.165, 1.54) is 33.4 Å². The van der Waals surface area contributed by atoms with Gasteiger partial charge in [-0.25, -0.2) is 0 Å². The SMILES string of the molecule is Cc1cc2c(c(-c3nnnc(-c4cccc(-c5ccccc5)c4-c4c(-c5ccccc5)ccc5oc6ccccc6c45)c3-c3ccccc3)c1C)Cc1ccccc1-2. The first kappa shape index (κ1) is 33.9. The van der Waals surface area contributed by atoms with Crippen LogP contribution in [0.2, 0.25) is 0 Å². The van der Waals surface area contributed by atoms with Crippen LogP contribution in [0.4, 0.5) is 0 Å². The van der Waals surface area contributed by atoms with Gasteiger partial charge in [0.1, 0.15) is 22.6 Å². The lowest BCUT2D eigenvalue weighted by Crippen LogP contribution is -2.05. The molecule has 8 aromatic carbocycles. The molecule has 11 rings (SSSR count). The molecule has 0 radical (unpaired) electrons. The van der Waals surface area contributed by atoms with Crippen molar-refractivity contribution in [3.8, 4) is 78.1 Å². The number of furan rings is 1. The van der Waals surface area contributed by atoms with Crippen LogP contribution in [0.25, 0.3) is 100 Å². The topological polar surface area (TPSA) is 51.8 Å². The average Bonchev–Trinajstić information content (AvgIpc) is 3.85. The minimum atomic E-state index is 0.776. The molecule has 2 aromatic heterocycles. The first-order valence-corrected chi connectivity index (χ1v) is 19.8. The zero-order chi connectivity index (χ0) is 38.7. The molecule has 0 aliphatic heterocycles. The molecule has 4 heteroatoms. The van der Waals surface area contributed by atoms with Crippen LogP contribution in [0, 0.1) is 13.8 Å². The smallest absolute Gasteiger partial charge is 0.136 e. The van der Waals surface area contributed by atoms with Crippen LogP contribution >= 0.6 is 0 Å². The van der Waals surface area contributed by atoms with Gasteiger partial charge in [0.15, 0.2) is 0 Å².